The number of pyridine rings is 2. The minimum Gasteiger partial charge on any atom is -0.365 e. The van der Waals surface area contributed by atoms with Gasteiger partial charge in [0.25, 0.3) is 17.7 Å². The highest BCUT2D eigenvalue weighted by Gasteiger charge is 2.31. The van der Waals surface area contributed by atoms with Gasteiger partial charge in [-0.1, -0.05) is 18.7 Å². The number of fused-ring (bicyclic) bond motifs is 2. The summed E-state index contributed by atoms with van der Waals surface area (Å²) < 4.78 is 16.8. The van der Waals surface area contributed by atoms with Crippen molar-refractivity contribution in [2.24, 2.45) is 5.73 Å². The minimum atomic E-state index is -1.34. The molecule has 58 heavy (non-hydrogen) atoms. The predicted molar refractivity (Wildman–Crippen MR) is 214 cm³/mol. The number of H-pyrrole nitrogens is 4. The number of aromatic amines is 4. The molecule has 0 bridgehead atoms. The van der Waals surface area contributed by atoms with Gasteiger partial charge in [0.1, 0.15) is 23.1 Å². The Bertz CT molecular complexity index is 2830. The van der Waals surface area contributed by atoms with Gasteiger partial charge >= 0.3 is 0 Å². The van der Waals surface area contributed by atoms with E-state index in [0.29, 0.717) is 39.4 Å². The number of Topliss-reactive ketones (excluding diaryl/α,β-unsaturated/α-hetero) is 2. The molecule has 290 valence electrons. The number of nitrogens with zero attached hydrogens (tertiary/aromatic N) is 6. The topological polar surface area (TPSA) is 276 Å². The molecule has 8 rings (SSSR count). The van der Waals surface area contributed by atoms with E-state index in [9.17, 15) is 24.0 Å². The SMILES string of the molecule is C=C(Cc1cc2c(CC(NC(=O)c3nsnc3-c3ccccn3)C(=O)C(N)=O)c[nH]c2[nH]1)C(=O)C(Cc1c[nH]c2c[nH]cc12)NC(=O)c1nsnc1-c1ccccn1. The van der Waals surface area contributed by atoms with E-state index in [2.05, 4.69) is 64.6 Å². The molecule has 2 atom stereocenters. The van der Waals surface area contributed by atoms with Crippen molar-refractivity contribution in [2.45, 2.75) is 31.3 Å². The summed E-state index contributed by atoms with van der Waals surface area (Å²) in [5, 5.41) is 6.98. The van der Waals surface area contributed by atoms with Crippen LogP contribution in [0.2, 0.25) is 0 Å². The fraction of sp³-hybridized carbons (Fsp3) is 0.132. The van der Waals surface area contributed by atoms with Crippen molar-refractivity contribution >= 4 is 74.7 Å². The summed E-state index contributed by atoms with van der Waals surface area (Å²) in [6.45, 7) is 4.10. The van der Waals surface area contributed by atoms with Crippen molar-refractivity contribution in [3.63, 3.8) is 0 Å². The van der Waals surface area contributed by atoms with Crippen molar-refractivity contribution in [3.05, 3.63) is 120 Å². The fourth-order valence-electron chi connectivity index (χ4n) is 6.60. The number of carbonyl (C=O) groups excluding carboxylic acids is 5. The third kappa shape index (κ3) is 7.55. The van der Waals surface area contributed by atoms with Crippen molar-refractivity contribution in [1.29, 1.82) is 0 Å². The molecule has 8 heterocycles. The average Bonchev–Trinajstić information content (AvgIpc) is 4.09. The maximum absolute atomic E-state index is 14.2. The summed E-state index contributed by atoms with van der Waals surface area (Å²) in [4.78, 5) is 87.5. The van der Waals surface area contributed by atoms with E-state index in [4.69, 9.17) is 5.73 Å². The summed E-state index contributed by atoms with van der Waals surface area (Å²) in [5.41, 5.74) is 10.4. The maximum Gasteiger partial charge on any atom is 0.287 e. The second kappa shape index (κ2) is 16.0. The Kier molecular flexibility index (Phi) is 10.3. The van der Waals surface area contributed by atoms with Gasteiger partial charge in [0, 0.05) is 72.9 Å². The second-order valence-corrected chi connectivity index (χ2v) is 14.2. The van der Waals surface area contributed by atoms with Gasteiger partial charge in [0.05, 0.1) is 46.4 Å². The minimum absolute atomic E-state index is 0.0420. The number of hydrogen-bond donors (Lipinski definition) is 7. The van der Waals surface area contributed by atoms with E-state index in [1.165, 1.54) is 0 Å². The van der Waals surface area contributed by atoms with Crippen LogP contribution in [0.3, 0.4) is 0 Å². The molecule has 0 aliphatic rings. The van der Waals surface area contributed by atoms with Crippen LogP contribution in [0.4, 0.5) is 0 Å². The standard InChI is InChI=1S/C38H31N13O5S2/c1-18(33(52)26(12-20-14-43-28-17-40-16-23(20)28)46-37(55)31-29(48-57-50-31)24-6-2-4-8-41-24)10-21-13-22-19(15-44-36(22)45-21)11-27(34(53)35(39)54)47-38(56)32-30(49-58-51-32)25-7-3-5-9-42-25/h2-9,13-17,26-27,40,43-45H,1,10-12H2,(H2,39,54)(H,46,55)(H,47,56). The summed E-state index contributed by atoms with van der Waals surface area (Å²) >= 11 is 1.67. The van der Waals surface area contributed by atoms with E-state index in [-0.39, 0.29) is 41.9 Å². The Labute approximate surface area is 335 Å². The highest BCUT2D eigenvalue weighted by atomic mass is 32.1. The van der Waals surface area contributed by atoms with Gasteiger partial charge in [-0.3, -0.25) is 33.9 Å². The Hall–Kier alpha value is -7.45. The molecule has 0 saturated heterocycles. The molecule has 18 nitrogen and oxygen atoms in total. The number of hydrogen-bond acceptors (Lipinski definition) is 13. The Morgan fingerprint density at radius 3 is 1.90 bits per heavy atom. The van der Waals surface area contributed by atoms with Crippen LogP contribution in [0, 0.1) is 0 Å². The molecule has 0 aromatic carbocycles. The van der Waals surface area contributed by atoms with Crippen LogP contribution >= 0.6 is 23.5 Å². The van der Waals surface area contributed by atoms with Crippen LogP contribution < -0.4 is 16.4 Å². The number of carbonyl (C=O) groups is 5. The number of amides is 3. The van der Waals surface area contributed by atoms with Crippen LogP contribution in [0.1, 0.15) is 37.8 Å². The van der Waals surface area contributed by atoms with Crippen LogP contribution in [0.15, 0.2) is 91.8 Å². The molecule has 0 aliphatic heterocycles. The molecular weight excluding hydrogens is 783 g/mol. The summed E-state index contributed by atoms with van der Waals surface area (Å²) in [6, 6.07) is 9.76. The third-order valence-corrected chi connectivity index (χ3v) is 10.5. The van der Waals surface area contributed by atoms with Gasteiger partial charge in [-0.15, -0.1) is 0 Å². The smallest absolute Gasteiger partial charge is 0.287 e. The molecule has 20 heteroatoms. The van der Waals surface area contributed by atoms with Crippen LogP contribution in [-0.4, -0.2) is 88.8 Å². The van der Waals surface area contributed by atoms with Crippen LogP contribution in [-0.2, 0) is 33.6 Å². The lowest BCUT2D eigenvalue weighted by molar-refractivity contribution is -0.137. The Morgan fingerprint density at radius 1 is 0.724 bits per heavy atom. The first kappa shape index (κ1) is 37.5. The van der Waals surface area contributed by atoms with Gasteiger partial charge in [-0.25, -0.2) is 0 Å². The first-order valence-electron chi connectivity index (χ1n) is 17.6. The molecule has 8 N–H and O–H groups in total. The molecule has 0 saturated carbocycles. The summed E-state index contributed by atoms with van der Waals surface area (Å²) in [6.07, 6.45) is 10.3. The van der Waals surface area contributed by atoms with Crippen molar-refractivity contribution < 1.29 is 24.0 Å². The molecule has 0 aliphatic carbocycles. The molecule has 0 fully saturated rings. The zero-order valence-electron chi connectivity index (χ0n) is 30.1. The molecule has 8 aromatic heterocycles. The number of nitrogens with one attached hydrogen (secondary N) is 6. The van der Waals surface area contributed by atoms with E-state index < -0.39 is 41.4 Å². The van der Waals surface area contributed by atoms with E-state index >= 15 is 0 Å². The fourth-order valence-corrected chi connectivity index (χ4v) is 7.71. The van der Waals surface area contributed by atoms with E-state index in [1.54, 1.807) is 73.4 Å². The lowest BCUT2D eigenvalue weighted by atomic mass is 9.95. The number of nitrogens with two attached hydrogens (primary N) is 1. The maximum atomic E-state index is 14.2. The first-order chi connectivity index (χ1) is 28.1. The van der Waals surface area contributed by atoms with Gasteiger partial charge < -0.3 is 36.3 Å². The van der Waals surface area contributed by atoms with Crippen molar-refractivity contribution in [1.82, 2.24) is 58.0 Å². The summed E-state index contributed by atoms with van der Waals surface area (Å²) in [7, 11) is 0. The normalized spacial score (nSPS) is 12.3. The van der Waals surface area contributed by atoms with Crippen molar-refractivity contribution in [3.8, 4) is 22.8 Å². The zero-order chi connectivity index (χ0) is 40.3. The Balaban J connectivity index is 1.01. The van der Waals surface area contributed by atoms with Gasteiger partial charge in [-0.05, 0) is 47.0 Å². The largest absolute Gasteiger partial charge is 0.365 e. The second-order valence-electron chi connectivity index (χ2n) is 13.2. The lowest BCUT2D eigenvalue weighted by Crippen LogP contribution is -2.47. The van der Waals surface area contributed by atoms with Crippen LogP contribution in [0.5, 0.6) is 0 Å². The van der Waals surface area contributed by atoms with Gasteiger partial charge in [0.2, 0.25) is 5.78 Å². The molecule has 0 spiro atoms. The zero-order valence-corrected chi connectivity index (χ0v) is 31.7. The van der Waals surface area contributed by atoms with Crippen molar-refractivity contribution in [2.75, 3.05) is 0 Å². The highest BCUT2D eigenvalue weighted by molar-refractivity contribution is 6.99. The van der Waals surface area contributed by atoms with E-state index in [0.717, 1.165) is 39.9 Å². The molecule has 3 amide bonds. The quantitative estimate of drug-likeness (QED) is 0.0549. The monoisotopic (exact) mass is 813 g/mol. The Morgan fingerprint density at radius 2 is 1.31 bits per heavy atom. The highest BCUT2D eigenvalue weighted by Crippen LogP contribution is 2.26. The first-order valence-corrected chi connectivity index (χ1v) is 19.1. The molecule has 2 unspecified atom stereocenters. The molecular formula is C38H31N13O5S2. The lowest BCUT2D eigenvalue weighted by Gasteiger charge is -2.18. The van der Waals surface area contributed by atoms with Crippen LogP contribution in [0.25, 0.3) is 44.7 Å². The summed E-state index contributed by atoms with van der Waals surface area (Å²) in [5.74, 6) is -3.96. The predicted octanol–water partition coefficient (Wildman–Crippen LogP) is 3.24. The van der Waals surface area contributed by atoms with E-state index in [1.807, 2.05) is 6.20 Å². The third-order valence-electron chi connectivity index (χ3n) is 9.41. The number of aromatic nitrogens is 10. The number of rotatable bonds is 16. The average molecular weight is 814 g/mol. The molecule has 8 aromatic rings. The molecule has 0 radical (unpaired) electrons. The van der Waals surface area contributed by atoms with Gasteiger partial charge in [0.15, 0.2) is 17.2 Å². The number of primary amides is 1. The van der Waals surface area contributed by atoms with Gasteiger partial charge in [-0.2, -0.15) is 17.5 Å². The number of ketones is 2.